The largest absolute Gasteiger partial charge is 0.481 e. The lowest BCUT2D eigenvalue weighted by Crippen LogP contribution is -2.50. The second-order valence-corrected chi connectivity index (χ2v) is 10.1. The van der Waals surface area contributed by atoms with Gasteiger partial charge in [0.2, 0.25) is 5.91 Å². The molecule has 35 heavy (non-hydrogen) atoms. The molecule has 5 rings (SSSR count). The molecule has 3 N–H and O–H groups in total. The number of carbonyl (C=O) groups excluding carboxylic acids is 2. The normalized spacial score (nSPS) is 16.3. The predicted molar refractivity (Wildman–Crippen MR) is 132 cm³/mol. The SMILES string of the molecule is O=C(NC(C(=O)NCC1(C(=O)O)CCC1)c1cccs1)OCC1c2ccccc2-c2ccccc21. The third-order valence-electron chi connectivity index (χ3n) is 7.06. The number of rotatable bonds is 8. The van der Waals surface area contributed by atoms with Gasteiger partial charge in [0.25, 0.3) is 0 Å². The summed E-state index contributed by atoms with van der Waals surface area (Å²) in [6.07, 6.45) is 1.20. The number of amides is 2. The maximum atomic E-state index is 13.0. The first-order chi connectivity index (χ1) is 17.0. The minimum absolute atomic E-state index is 0.0371. The third kappa shape index (κ3) is 4.41. The van der Waals surface area contributed by atoms with Crippen LogP contribution in [0.25, 0.3) is 11.1 Å². The van der Waals surface area contributed by atoms with Crippen LogP contribution in [0.2, 0.25) is 0 Å². The molecule has 0 bridgehead atoms. The zero-order valence-corrected chi connectivity index (χ0v) is 19.8. The van der Waals surface area contributed by atoms with Crippen LogP contribution in [-0.2, 0) is 14.3 Å². The van der Waals surface area contributed by atoms with E-state index in [-0.39, 0.29) is 19.1 Å². The molecular formula is C27H26N2O5S. The van der Waals surface area contributed by atoms with Gasteiger partial charge in [0, 0.05) is 17.3 Å². The molecule has 1 fully saturated rings. The van der Waals surface area contributed by atoms with Crippen molar-refractivity contribution >= 4 is 29.3 Å². The highest BCUT2D eigenvalue weighted by Crippen LogP contribution is 2.44. The summed E-state index contributed by atoms with van der Waals surface area (Å²) >= 11 is 1.34. The van der Waals surface area contributed by atoms with Gasteiger partial charge in [0.15, 0.2) is 0 Å². The Morgan fingerprint density at radius 1 is 1.00 bits per heavy atom. The highest BCUT2D eigenvalue weighted by atomic mass is 32.1. The molecule has 1 saturated carbocycles. The molecule has 0 aliphatic heterocycles. The van der Waals surface area contributed by atoms with E-state index in [4.69, 9.17) is 4.74 Å². The molecule has 1 heterocycles. The van der Waals surface area contributed by atoms with E-state index in [0.29, 0.717) is 17.7 Å². The maximum absolute atomic E-state index is 13.0. The summed E-state index contributed by atoms with van der Waals surface area (Å²) in [5, 5.41) is 16.8. The van der Waals surface area contributed by atoms with Crippen molar-refractivity contribution in [1.29, 1.82) is 0 Å². The lowest BCUT2D eigenvalue weighted by Gasteiger charge is -2.37. The molecule has 1 unspecified atom stereocenters. The van der Waals surface area contributed by atoms with Crippen LogP contribution >= 0.6 is 11.3 Å². The molecule has 0 saturated heterocycles. The minimum atomic E-state index is -0.962. The topological polar surface area (TPSA) is 105 Å². The molecule has 2 aliphatic carbocycles. The van der Waals surface area contributed by atoms with E-state index in [9.17, 15) is 19.5 Å². The number of nitrogens with one attached hydrogen (secondary N) is 2. The van der Waals surface area contributed by atoms with Crippen LogP contribution in [0.4, 0.5) is 4.79 Å². The highest BCUT2D eigenvalue weighted by Gasteiger charge is 2.45. The Morgan fingerprint density at radius 2 is 1.66 bits per heavy atom. The minimum Gasteiger partial charge on any atom is -0.481 e. The fourth-order valence-electron chi connectivity index (χ4n) is 4.91. The molecule has 3 aromatic rings. The van der Waals surface area contributed by atoms with Crippen LogP contribution in [0, 0.1) is 5.41 Å². The zero-order chi connectivity index (χ0) is 24.4. The first-order valence-corrected chi connectivity index (χ1v) is 12.5. The van der Waals surface area contributed by atoms with Crippen molar-refractivity contribution in [2.75, 3.05) is 13.2 Å². The van der Waals surface area contributed by atoms with Gasteiger partial charge < -0.3 is 20.5 Å². The van der Waals surface area contributed by atoms with Crippen LogP contribution in [0.15, 0.2) is 66.0 Å². The van der Waals surface area contributed by atoms with Crippen molar-refractivity contribution in [1.82, 2.24) is 10.6 Å². The third-order valence-corrected chi connectivity index (χ3v) is 8.00. The summed E-state index contributed by atoms with van der Waals surface area (Å²) in [4.78, 5) is 38.1. The first kappa shape index (κ1) is 23.1. The van der Waals surface area contributed by atoms with Gasteiger partial charge in [-0.1, -0.05) is 61.0 Å². The van der Waals surface area contributed by atoms with E-state index in [0.717, 1.165) is 28.7 Å². The Balaban J connectivity index is 1.26. The summed E-state index contributed by atoms with van der Waals surface area (Å²) in [7, 11) is 0. The molecule has 2 aromatic carbocycles. The number of fused-ring (bicyclic) bond motifs is 3. The van der Waals surface area contributed by atoms with E-state index in [2.05, 4.69) is 22.8 Å². The number of carboxylic acids is 1. The second-order valence-electron chi connectivity index (χ2n) is 9.08. The van der Waals surface area contributed by atoms with Gasteiger partial charge in [-0.2, -0.15) is 0 Å². The number of hydrogen-bond acceptors (Lipinski definition) is 5. The summed E-state index contributed by atoms with van der Waals surface area (Å²) in [5.74, 6) is -1.44. The van der Waals surface area contributed by atoms with Crippen LogP contribution in [0.3, 0.4) is 0 Å². The number of aliphatic carboxylic acids is 1. The summed E-state index contributed by atoms with van der Waals surface area (Å²) in [6, 6.07) is 18.7. The smallest absolute Gasteiger partial charge is 0.408 e. The van der Waals surface area contributed by atoms with Crippen LogP contribution in [0.5, 0.6) is 0 Å². The van der Waals surface area contributed by atoms with Crippen molar-refractivity contribution in [3.8, 4) is 11.1 Å². The average Bonchev–Trinajstić information content (AvgIpc) is 3.47. The molecule has 0 radical (unpaired) electrons. The average molecular weight is 491 g/mol. The van der Waals surface area contributed by atoms with E-state index in [1.807, 2.05) is 41.8 Å². The number of alkyl carbamates (subject to hydrolysis) is 1. The van der Waals surface area contributed by atoms with Crippen molar-refractivity contribution < 1.29 is 24.2 Å². The number of thiophene rings is 1. The number of hydrogen-bond donors (Lipinski definition) is 3. The van der Waals surface area contributed by atoms with Gasteiger partial charge in [-0.05, 0) is 46.5 Å². The molecule has 8 heteroatoms. The molecule has 1 aromatic heterocycles. The van der Waals surface area contributed by atoms with E-state index < -0.39 is 29.4 Å². The van der Waals surface area contributed by atoms with Gasteiger partial charge in [0.05, 0.1) is 5.41 Å². The van der Waals surface area contributed by atoms with Crippen LogP contribution < -0.4 is 10.6 Å². The Hall–Kier alpha value is -3.65. The van der Waals surface area contributed by atoms with Crippen LogP contribution in [-0.4, -0.2) is 36.2 Å². The van der Waals surface area contributed by atoms with Gasteiger partial charge in [-0.15, -0.1) is 11.3 Å². The van der Waals surface area contributed by atoms with Crippen molar-refractivity contribution in [2.24, 2.45) is 5.41 Å². The lowest BCUT2D eigenvalue weighted by atomic mass is 9.69. The highest BCUT2D eigenvalue weighted by molar-refractivity contribution is 7.10. The standard InChI is InChI=1S/C27H26N2O5S/c30-24(28-16-27(25(31)32)12-6-13-27)23(22-11-5-14-35-22)29-26(33)34-15-21-19-9-3-1-7-17(19)18-8-2-4-10-20(18)21/h1-5,7-11,14,21,23H,6,12-13,15-16H2,(H,28,30)(H,29,33)(H,31,32). The Morgan fingerprint density at radius 3 is 2.20 bits per heavy atom. The van der Waals surface area contributed by atoms with Gasteiger partial charge in [-0.25, -0.2) is 4.79 Å². The Kier molecular flexibility index (Phi) is 6.30. The maximum Gasteiger partial charge on any atom is 0.408 e. The fraction of sp³-hybridized carbons (Fsp3) is 0.296. The lowest BCUT2D eigenvalue weighted by molar-refractivity contribution is -0.154. The summed E-state index contributed by atoms with van der Waals surface area (Å²) in [5.41, 5.74) is 3.56. The van der Waals surface area contributed by atoms with Crippen molar-refractivity contribution in [3.63, 3.8) is 0 Å². The van der Waals surface area contributed by atoms with Crippen LogP contribution in [0.1, 0.15) is 47.2 Å². The van der Waals surface area contributed by atoms with Gasteiger partial charge in [0.1, 0.15) is 12.6 Å². The Labute approximate surface area is 207 Å². The fourth-order valence-corrected chi connectivity index (χ4v) is 5.68. The molecule has 1 atom stereocenters. The number of carboxylic acid groups (broad SMARTS) is 1. The van der Waals surface area contributed by atoms with Crippen molar-refractivity contribution in [2.45, 2.75) is 31.2 Å². The van der Waals surface area contributed by atoms with E-state index in [1.54, 1.807) is 12.1 Å². The van der Waals surface area contributed by atoms with E-state index >= 15 is 0 Å². The van der Waals surface area contributed by atoms with Gasteiger partial charge >= 0.3 is 12.1 Å². The predicted octanol–water partition coefficient (Wildman–Crippen LogP) is 4.70. The molecule has 0 spiro atoms. The number of carbonyl (C=O) groups is 3. The monoisotopic (exact) mass is 490 g/mol. The molecular weight excluding hydrogens is 464 g/mol. The molecule has 7 nitrogen and oxygen atoms in total. The zero-order valence-electron chi connectivity index (χ0n) is 19.0. The first-order valence-electron chi connectivity index (χ1n) is 11.6. The molecule has 180 valence electrons. The number of ether oxygens (including phenoxy) is 1. The molecule has 2 aliphatic rings. The quantitative estimate of drug-likeness (QED) is 0.425. The molecule has 2 amide bonds. The van der Waals surface area contributed by atoms with Crippen molar-refractivity contribution in [3.05, 3.63) is 82.0 Å². The second kappa shape index (κ2) is 9.54. The van der Waals surface area contributed by atoms with E-state index in [1.165, 1.54) is 11.3 Å². The van der Waals surface area contributed by atoms with Gasteiger partial charge in [-0.3, -0.25) is 9.59 Å². The summed E-state index contributed by atoms with van der Waals surface area (Å²) in [6.45, 7) is 0.177. The Bertz CT molecular complexity index is 1210. The number of benzene rings is 2. The summed E-state index contributed by atoms with van der Waals surface area (Å²) < 4.78 is 5.61.